The lowest BCUT2D eigenvalue weighted by atomic mass is 10.1. The molecule has 4 rings (SSSR count). The van der Waals surface area contributed by atoms with Crippen molar-refractivity contribution in [3.63, 3.8) is 0 Å². The number of hydrogen-bond acceptors (Lipinski definition) is 4. The van der Waals surface area contributed by atoms with E-state index < -0.39 is 0 Å². The van der Waals surface area contributed by atoms with Crippen molar-refractivity contribution in [1.29, 1.82) is 0 Å². The number of benzene rings is 3. The fourth-order valence-electron chi connectivity index (χ4n) is 3.01. The number of nitrogens with one attached hydrogen (secondary N) is 2. The highest BCUT2D eigenvalue weighted by atomic mass is 32.2. The average molecular weight is 404 g/mol. The Morgan fingerprint density at radius 2 is 1.86 bits per heavy atom. The van der Waals surface area contributed by atoms with Crippen molar-refractivity contribution in [3.8, 4) is 0 Å². The van der Waals surface area contributed by atoms with Gasteiger partial charge >= 0.3 is 0 Å². The Hall–Kier alpha value is -3.09. The molecule has 0 spiro atoms. The molecule has 0 saturated heterocycles. The van der Waals surface area contributed by atoms with Gasteiger partial charge in [0.05, 0.1) is 17.6 Å². The van der Waals surface area contributed by atoms with Crippen LogP contribution in [-0.2, 0) is 17.1 Å². The Balaban J connectivity index is 1.36. The summed E-state index contributed by atoms with van der Waals surface area (Å²) in [5, 5.41) is 3.83. The number of aromatic amines is 1. The summed E-state index contributed by atoms with van der Waals surface area (Å²) in [5.41, 5.74) is 5.54. The van der Waals surface area contributed by atoms with Gasteiger partial charge in [-0.2, -0.15) is 0 Å². The van der Waals surface area contributed by atoms with Gasteiger partial charge in [0.25, 0.3) is 5.91 Å². The number of anilines is 1. The number of carbonyl (C=O) groups is 1. The molecule has 6 heteroatoms. The number of amides is 1. The Morgan fingerprint density at radius 3 is 2.66 bits per heavy atom. The Bertz CT molecular complexity index is 1090. The molecule has 3 aromatic carbocycles. The van der Waals surface area contributed by atoms with Gasteiger partial charge in [0.1, 0.15) is 0 Å². The van der Waals surface area contributed by atoms with Crippen molar-refractivity contribution in [2.24, 2.45) is 0 Å². The van der Waals surface area contributed by atoms with Crippen LogP contribution in [0.1, 0.15) is 21.5 Å². The normalized spacial score (nSPS) is 10.9. The molecule has 0 bridgehead atoms. The second-order valence-corrected chi connectivity index (χ2v) is 7.60. The van der Waals surface area contributed by atoms with E-state index in [-0.39, 0.29) is 5.91 Å². The smallest absolute Gasteiger partial charge is 0.255 e. The van der Waals surface area contributed by atoms with Crippen LogP contribution in [0.4, 0.5) is 5.69 Å². The third-order valence-corrected chi connectivity index (χ3v) is 5.40. The highest BCUT2D eigenvalue weighted by molar-refractivity contribution is 7.98. The molecular weight excluding hydrogens is 382 g/mol. The van der Waals surface area contributed by atoms with Crippen LogP contribution in [0.15, 0.2) is 78.0 Å². The number of H-pyrrole nitrogens is 1. The molecular formula is C23H21N3O2S. The van der Waals surface area contributed by atoms with Crippen molar-refractivity contribution in [2.45, 2.75) is 17.5 Å². The minimum Gasteiger partial charge on any atom is -0.380 e. The first-order valence-corrected chi connectivity index (χ1v) is 10.3. The molecule has 0 aliphatic rings. The second-order valence-electron chi connectivity index (χ2n) is 6.63. The lowest BCUT2D eigenvalue weighted by Gasteiger charge is -2.08. The molecule has 5 nitrogen and oxygen atoms in total. The number of aromatic nitrogens is 2. The predicted octanol–water partition coefficient (Wildman–Crippen LogP) is 5.25. The molecule has 2 N–H and O–H groups in total. The Morgan fingerprint density at radius 1 is 1.03 bits per heavy atom. The van der Waals surface area contributed by atoms with E-state index in [1.807, 2.05) is 72.8 Å². The van der Waals surface area contributed by atoms with Crippen molar-refractivity contribution in [1.82, 2.24) is 9.97 Å². The van der Waals surface area contributed by atoms with Crippen LogP contribution in [0.5, 0.6) is 0 Å². The van der Waals surface area contributed by atoms with Gasteiger partial charge in [-0.1, -0.05) is 48.2 Å². The van der Waals surface area contributed by atoms with Crippen LogP contribution < -0.4 is 5.32 Å². The molecule has 1 heterocycles. The largest absolute Gasteiger partial charge is 0.380 e. The Labute approximate surface area is 173 Å². The number of hydrogen-bond donors (Lipinski definition) is 2. The first kappa shape index (κ1) is 19.2. The fourth-order valence-corrected chi connectivity index (χ4v) is 3.85. The van der Waals surface area contributed by atoms with Gasteiger partial charge in [-0.15, -0.1) is 0 Å². The number of rotatable bonds is 7. The number of para-hydroxylation sites is 2. The monoisotopic (exact) mass is 403 g/mol. The topological polar surface area (TPSA) is 67.0 Å². The SMILES string of the molecule is COCc1cccc(NC(=O)c2ccc(CSc3nc4ccccc4[nH]3)cc2)c1. The predicted molar refractivity (Wildman–Crippen MR) is 117 cm³/mol. The number of imidazole rings is 1. The van der Waals surface area contributed by atoms with Crippen LogP contribution in [0.3, 0.4) is 0 Å². The molecule has 29 heavy (non-hydrogen) atoms. The summed E-state index contributed by atoms with van der Waals surface area (Å²) >= 11 is 1.64. The minimum atomic E-state index is -0.129. The van der Waals surface area contributed by atoms with E-state index in [9.17, 15) is 4.79 Å². The van der Waals surface area contributed by atoms with Crippen LogP contribution >= 0.6 is 11.8 Å². The van der Waals surface area contributed by atoms with Crippen molar-refractivity contribution in [3.05, 3.63) is 89.5 Å². The van der Waals surface area contributed by atoms with Gasteiger partial charge in [0, 0.05) is 24.1 Å². The molecule has 0 radical (unpaired) electrons. The van der Waals surface area contributed by atoms with Gasteiger partial charge in [-0.05, 0) is 47.5 Å². The van der Waals surface area contributed by atoms with E-state index in [4.69, 9.17) is 4.74 Å². The van der Waals surface area contributed by atoms with Crippen LogP contribution in [0.25, 0.3) is 11.0 Å². The zero-order chi connectivity index (χ0) is 20.1. The molecule has 146 valence electrons. The van der Waals surface area contributed by atoms with Crippen molar-refractivity contribution in [2.75, 3.05) is 12.4 Å². The quantitative estimate of drug-likeness (QED) is 0.413. The standard InChI is InChI=1S/C23H21N3O2S/c1-28-14-17-5-4-6-19(13-17)24-22(27)18-11-9-16(10-12-18)15-29-23-25-20-7-2-3-8-21(20)26-23/h2-13H,14-15H2,1H3,(H,24,27)(H,25,26). The molecule has 1 amide bonds. The van der Waals surface area contributed by atoms with E-state index >= 15 is 0 Å². The Kier molecular flexibility index (Phi) is 5.93. The number of thioether (sulfide) groups is 1. The fraction of sp³-hybridized carbons (Fsp3) is 0.130. The maximum atomic E-state index is 12.5. The molecule has 0 saturated carbocycles. The summed E-state index contributed by atoms with van der Waals surface area (Å²) in [7, 11) is 1.65. The van der Waals surface area contributed by atoms with E-state index in [1.54, 1.807) is 18.9 Å². The molecule has 0 aliphatic heterocycles. The molecule has 0 aliphatic carbocycles. The van der Waals surface area contributed by atoms with Crippen molar-refractivity contribution >= 4 is 34.4 Å². The van der Waals surface area contributed by atoms with Crippen LogP contribution in [-0.4, -0.2) is 23.0 Å². The summed E-state index contributed by atoms with van der Waals surface area (Å²) in [6, 6.07) is 23.3. The summed E-state index contributed by atoms with van der Waals surface area (Å²) in [5.74, 6) is 0.650. The van der Waals surface area contributed by atoms with Gasteiger partial charge < -0.3 is 15.0 Å². The maximum Gasteiger partial charge on any atom is 0.255 e. The lowest BCUT2D eigenvalue weighted by molar-refractivity contribution is 0.102. The number of nitrogens with zero attached hydrogens (tertiary/aromatic N) is 1. The van der Waals surface area contributed by atoms with Gasteiger partial charge in [0.15, 0.2) is 5.16 Å². The zero-order valence-corrected chi connectivity index (χ0v) is 16.8. The summed E-state index contributed by atoms with van der Waals surface area (Å²) in [6.45, 7) is 0.515. The number of fused-ring (bicyclic) bond motifs is 1. The minimum absolute atomic E-state index is 0.129. The van der Waals surface area contributed by atoms with E-state index in [1.165, 1.54) is 0 Å². The first-order chi connectivity index (χ1) is 14.2. The third-order valence-electron chi connectivity index (χ3n) is 4.46. The number of carbonyl (C=O) groups excluding carboxylic acids is 1. The lowest BCUT2D eigenvalue weighted by Crippen LogP contribution is -2.12. The molecule has 0 atom stereocenters. The second kappa shape index (κ2) is 8.94. The maximum absolute atomic E-state index is 12.5. The van der Waals surface area contributed by atoms with E-state index in [0.29, 0.717) is 12.2 Å². The third kappa shape index (κ3) is 4.85. The van der Waals surface area contributed by atoms with Crippen molar-refractivity contribution < 1.29 is 9.53 Å². The highest BCUT2D eigenvalue weighted by Crippen LogP contribution is 2.23. The molecule has 4 aromatic rings. The average Bonchev–Trinajstić information content (AvgIpc) is 3.16. The summed E-state index contributed by atoms with van der Waals surface area (Å²) in [6.07, 6.45) is 0. The van der Waals surface area contributed by atoms with Gasteiger partial charge in [-0.3, -0.25) is 4.79 Å². The summed E-state index contributed by atoms with van der Waals surface area (Å²) < 4.78 is 5.14. The molecule has 0 fully saturated rings. The number of methoxy groups -OCH3 is 1. The van der Waals surface area contributed by atoms with Gasteiger partial charge in [0.2, 0.25) is 0 Å². The van der Waals surface area contributed by atoms with Gasteiger partial charge in [-0.25, -0.2) is 4.98 Å². The molecule has 0 unspecified atom stereocenters. The van der Waals surface area contributed by atoms with Crippen LogP contribution in [0.2, 0.25) is 0 Å². The van der Waals surface area contributed by atoms with E-state index in [2.05, 4.69) is 15.3 Å². The number of ether oxygens (including phenoxy) is 1. The van der Waals surface area contributed by atoms with E-state index in [0.717, 1.165) is 38.8 Å². The first-order valence-electron chi connectivity index (χ1n) is 9.27. The van der Waals surface area contributed by atoms with Crippen LogP contribution in [0, 0.1) is 0 Å². The highest BCUT2D eigenvalue weighted by Gasteiger charge is 2.08. The zero-order valence-electron chi connectivity index (χ0n) is 16.0. The molecule has 1 aromatic heterocycles. The summed E-state index contributed by atoms with van der Waals surface area (Å²) in [4.78, 5) is 20.4.